The number of halogens is 1. The molecule has 1 heterocycles. The average molecular weight is 535 g/mol. The van der Waals surface area contributed by atoms with Crippen LogP contribution >= 0.6 is 11.6 Å². The van der Waals surface area contributed by atoms with Gasteiger partial charge in [-0.05, 0) is 50.2 Å². The fraction of sp³-hybridized carbons (Fsp3) is 0.143. The average Bonchev–Trinajstić information content (AvgIpc) is 3.28. The molecular weight excluding hydrogens is 508 g/mol. The second-order valence-corrected chi connectivity index (χ2v) is 11.0. The summed E-state index contributed by atoms with van der Waals surface area (Å²) < 4.78 is 29.3. The van der Waals surface area contributed by atoms with Gasteiger partial charge >= 0.3 is 0 Å². The minimum Gasteiger partial charge on any atom is -0.294 e. The highest BCUT2D eigenvalue weighted by Gasteiger charge is 2.26. The molecule has 4 aromatic rings. The molecule has 7 nitrogen and oxygen atoms in total. The molecule has 0 fully saturated rings. The van der Waals surface area contributed by atoms with Gasteiger partial charge < -0.3 is 0 Å². The third-order valence-corrected chi connectivity index (χ3v) is 7.80. The van der Waals surface area contributed by atoms with E-state index in [0.29, 0.717) is 10.7 Å². The molecule has 0 aliphatic rings. The van der Waals surface area contributed by atoms with Crippen LogP contribution in [0.25, 0.3) is 16.9 Å². The molecule has 0 aliphatic carbocycles. The summed E-state index contributed by atoms with van der Waals surface area (Å²) >= 11 is 6.03. The van der Waals surface area contributed by atoms with E-state index in [1.54, 1.807) is 28.8 Å². The number of sulfonamides is 1. The Morgan fingerprint density at radius 3 is 2.19 bits per heavy atom. The van der Waals surface area contributed by atoms with Gasteiger partial charge in [0, 0.05) is 29.0 Å². The summed E-state index contributed by atoms with van der Waals surface area (Å²) in [4.78, 5) is 17.9. The van der Waals surface area contributed by atoms with Crippen molar-refractivity contribution in [1.82, 2.24) is 13.9 Å². The second kappa shape index (κ2) is 11.1. The lowest BCUT2D eigenvalue weighted by Crippen LogP contribution is -2.38. The number of rotatable bonds is 9. The Hall–Kier alpha value is -3.72. The number of benzene rings is 3. The topological polar surface area (TPSA) is 84.3 Å². The smallest absolute Gasteiger partial charge is 0.243 e. The molecule has 190 valence electrons. The maximum absolute atomic E-state index is 13.2. The molecule has 0 saturated heterocycles. The lowest BCUT2D eigenvalue weighted by Gasteiger charge is -2.20. The van der Waals surface area contributed by atoms with Crippen LogP contribution in [0.5, 0.6) is 0 Å². The van der Waals surface area contributed by atoms with E-state index in [1.165, 1.54) is 18.2 Å². The minimum atomic E-state index is -3.91. The first kappa shape index (κ1) is 26.3. The van der Waals surface area contributed by atoms with Gasteiger partial charge in [-0.25, -0.2) is 13.4 Å². The van der Waals surface area contributed by atoms with Gasteiger partial charge in [0.25, 0.3) is 0 Å². The van der Waals surface area contributed by atoms with Crippen molar-refractivity contribution >= 4 is 33.5 Å². The number of hydrogen-bond donors (Lipinski definition) is 1. The molecule has 9 heteroatoms. The van der Waals surface area contributed by atoms with Crippen molar-refractivity contribution in [3.8, 4) is 16.9 Å². The lowest BCUT2D eigenvalue weighted by atomic mass is 10.2. The summed E-state index contributed by atoms with van der Waals surface area (Å²) in [6, 6.07) is 21.5. The Kier molecular flexibility index (Phi) is 7.92. The third kappa shape index (κ3) is 6.17. The molecule has 0 spiro atoms. The van der Waals surface area contributed by atoms with E-state index in [2.05, 4.69) is 16.9 Å². The summed E-state index contributed by atoms with van der Waals surface area (Å²) in [7, 11) is -3.91. The number of aromatic nitrogens is 2. The van der Waals surface area contributed by atoms with E-state index in [1.807, 2.05) is 56.4 Å². The summed E-state index contributed by atoms with van der Waals surface area (Å²) in [6.07, 6.45) is 3.26. The van der Waals surface area contributed by atoms with Crippen molar-refractivity contribution in [2.24, 2.45) is 0 Å². The summed E-state index contributed by atoms with van der Waals surface area (Å²) in [5.74, 6) is -0.260. The Balaban J connectivity index is 1.64. The number of anilines is 1. The highest BCUT2D eigenvalue weighted by Crippen LogP contribution is 2.26. The van der Waals surface area contributed by atoms with Gasteiger partial charge in [-0.2, -0.15) is 4.31 Å². The number of carbonyl (C=O) groups excluding carboxylic acids is 1. The zero-order chi connectivity index (χ0) is 26.6. The van der Waals surface area contributed by atoms with Gasteiger partial charge in [0.15, 0.2) is 0 Å². The molecule has 0 radical (unpaired) electrons. The number of aryl methyl sites for hydroxylation is 2. The van der Waals surface area contributed by atoms with Crippen LogP contribution in [-0.2, 0) is 14.8 Å². The van der Waals surface area contributed by atoms with Crippen LogP contribution in [0.15, 0.2) is 96.5 Å². The molecule has 0 aliphatic heterocycles. The number of carbonyl (C=O) groups is 1. The molecular formula is C28H27ClN4O3S. The van der Waals surface area contributed by atoms with Gasteiger partial charge in [-0.3, -0.25) is 14.7 Å². The number of nitrogens with one attached hydrogen (secondary N) is 1. The summed E-state index contributed by atoms with van der Waals surface area (Å²) in [5, 5.41) is 3.40. The Bertz CT molecular complexity index is 1510. The van der Waals surface area contributed by atoms with E-state index in [-0.39, 0.29) is 17.4 Å². The van der Waals surface area contributed by atoms with Crippen LogP contribution in [0.4, 0.5) is 5.95 Å². The minimum absolute atomic E-state index is 0.0218. The van der Waals surface area contributed by atoms with Crippen LogP contribution in [0.2, 0.25) is 5.02 Å². The molecule has 3 aromatic carbocycles. The van der Waals surface area contributed by atoms with Crippen molar-refractivity contribution in [1.29, 1.82) is 0 Å². The van der Waals surface area contributed by atoms with E-state index in [4.69, 9.17) is 11.6 Å². The summed E-state index contributed by atoms with van der Waals surface area (Å²) in [6.45, 7) is 7.09. The van der Waals surface area contributed by atoms with Crippen molar-refractivity contribution in [3.63, 3.8) is 0 Å². The van der Waals surface area contributed by atoms with Crippen LogP contribution < -0.4 is 5.32 Å². The largest absolute Gasteiger partial charge is 0.294 e. The van der Waals surface area contributed by atoms with Crippen LogP contribution in [0.3, 0.4) is 0 Å². The first-order valence-electron chi connectivity index (χ1n) is 11.6. The Morgan fingerprint density at radius 2 is 1.59 bits per heavy atom. The highest BCUT2D eigenvalue weighted by atomic mass is 35.5. The van der Waals surface area contributed by atoms with Crippen molar-refractivity contribution in [3.05, 3.63) is 108 Å². The SMILES string of the molecule is C=CCN(CC(=O)Nc1nc(-c2ccc(Cl)cc2)cn1-c1ccc(C)cc1)S(=O)(=O)c1ccc(C)cc1. The molecule has 0 atom stereocenters. The van der Waals surface area contributed by atoms with E-state index in [9.17, 15) is 13.2 Å². The Morgan fingerprint density at radius 1 is 1.00 bits per heavy atom. The zero-order valence-electron chi connectivity index (χ0n) is 20.6. The maximum atomic E-state index is 13.2. The first-order valence-corrected chi connectivity index (χ1v) is 13.4. The van der Waals surface area contributed by atoms with Crippen LogP contribution in [-0.4, -0.2) is 41.3 Å². The van der Waals surface area contributed by atoms with Gasteiger partial charge in [0.05, 0.1) is 17.1 Å². The molecule has 0 unspecified atom stereocenters. The fourth-order valence-corrected chi connectivity index (χ4v) is 5.20. The van der Waals surface area contributed by atoms with Gasteiger partial charge in [-0.15, -0.1) is 6.58 Å². The van der Waals surface area contributed by atoms with E-state index < -0.39 is 22.5 Å². The maximum Gasteiger partial charge on any atom is 0.243 e. The molecule has 1 N–H and O–H groups in total. The monoisotopic (exact) mass is 534 g/mol. The van der Waals surface area contributed by atoms with Crippen LogP contribution in [0, 0.1) is 13.8 Å². The van der Waals surface area contributed by atoms with E-state index in [0.717, 1.165) is 26.7 Å². The number of imidazole rings is 1. The highest BCUT2D eigenvalue weighted by molar-refractivity contribution is 7.89. The molecule has 0 bridgehead atoms. The molecule has 0 saturated carbocycles. The standard InChI is InChI=1S/C28H27ClN4O3S/c1-4-17-32(37(35,36)25-15-7-21(3)8-16-25)19-27(34)31-28-30-26(22-9-11-23(29)12-10-22)18-33(28)24-13-5-20(2)6-14-24/h4-16,18H,1,17,19H2,2-3H3,(H,30,31,34). The zero-order valence-corrected chi connectivity index (χ0v) is 22.1. The fourth-order valence-electron chi connectivity index (χ4n) is 3.71. The quantitative estimate of drug-likeness (QED) is 0.282. The number of amides is 1. The predicted molar refractivity (Wildman–Crippen MR) is 148 cm³/mol. The van der Waals surface area contributed by atoms with Crippen molar-refractivity contribution < 1.29 is 13.2 Å². The van der Waals surface area contributed by atoms with Gasteiger partial charge in [-0.1, -0.05) is 65.2 Å². The molecule has 1 amide bonds. The Labute approximate surface area is 222 Å². The third-order valence-electron chi connectivity index (χ3n) is 5.72. The summed E-state index contributed by atoms with van der Waals surface area (Å²) in [5.41, 5.74) is 4.27. The van der Waals surface area contributed by atoms with Gasteiger partial charge in [0.2, 0.25) is 21.9 Å². The molecule has 37 heavy (non-hydrogen) atoms. The number of nitrogens with zero attached hydrogens (tertiary/aromatic N) is 3. The van der Waals surface area contributed by atoms with Crippen molar-refractivity contribution in [2.75, 3.05) is 18.4 Å². The lowest BCUT2D eigenvalue weighted by molar-refractivity contribution is -0.116. The first-order chi connectivity index (χ1) is 17.7. The van der Waals surface area contributed by atoms with Crippen LogP contribution in [0.1, 0.15) is 11.1 Å². The van der Waals surface area contributed by atoms with Gasteiger partial charge in [0.1, 0.15) is 0 Å². The molecule has 4 rings (SSSR count). The number of hydrogen-bond acceptors (Lipinski definition) is 4. The second-order valence-electron chi connectivity index (χ2n) is 8.61. The molecule has 1 aromatic heterocycles. The van der Waals surface area contributed by atoms with E-state index >= 15 is 0 Å². The van der Waals surface area contributed by atoms with Crippen molar-refractivity contribution in [2.45, 2.75) is 18.7 Å². The normalized spacial score (nSPS) is 11.5. The predicted octanol–water partition coefficient (Wildman–Crippen LogP) is 5.62.